The Kier molecular flexibility index (Phi) is 4.93. The second-order valence-electron chi connectivity index (χ2n) is 7.84. The van der Waals surface area contributed by atoms with Crippen LogP contribution in [0.25, 0.3) is 5.65 Å². The largest absolute Gasteiger partial charge is 0.349 e. The minimum atomic E-state index is -0.413. The molecular formula is C23H21FN6O2. The van der Waals surface area contributed by atoms with Gasteiger partial charge in [-0.25, -0.2) is 13.9 Å². The highest BCUT2D eigenvalue weighted by molar-refractivity contribution is 6.05. The Morgan fingerprint density at radius 3 is 2.88 bits per heavy atom. The molecule has 4 aromatic rings. The summed E-state index contributed by atoms with van der Waals surface area (Å²) in [6.45, 7) is 0.799. The van der Waals surface area contributed by atoms with Crippen molar-refractivity contribution in [3.63, 3.8) is 0 Å². The van der Waals surface area contributed by atoms with Crippen LogP contribution in [0, 0.1) is 5.82 Å². The van der Waals surface area contributed by atoms with Crippen molar-refractivity contribution in [3.8, 4) is 0 Å². The van der Waals surface area contributed by atoms with Crippen LogP contribution in [0.1, 0.15) is 34.8 Å². The van der Waals surface area contributed by atoms with Crippen LogP contribution in [0.2, 0.25) is 0 Å². The maximum Gasteiger partial charge on any atom is 0.256 e. The number of aromatic nitrogens is 4. The molecular weight excluding hydrogens is 411 g/mol. The van der Waals surface area contributed by atoms with Crippen molar-refractivity contribution in [2.45, 2.75) is 18.9 Å². The van der Waals surface area contributed by atoms with Gasteiger partial charge >= 0.3 is 0 Å². The van der Waals surface area contributed by atoms with E-state index in [0.717, 1.165) is 30.8 Å². The van der Waals surface area contributed by atoms with Gasteiger partial charge in [0, 0.05) is 37.6 Å². The first kappa shape index (κ1) is 19.9. The van der Waals surface area contributed by atoms with E-state index >= 15 is 0 Å². The van der Waals surface area contributed by atoms with Crippen LogP contribution in [0.15, 0.2) is 65.8 Å². The lowest BCUT2D eigenvalue weighted by Gasteiger charge is -2.26. The molecule has 1 N–H and O–H groups in total. The van der Waals surface area contributed by atoms with Gasteiger partial charge in [-0.15, -0.1) is 0 Å². The first-order valence-corrected chi connectivity index (χ1v) is 10.3. The van der Waals surface area contributed by atoms with E-state index in [1.165, 1.54) is 22.9 Å². The van der Waals surface area contributed by atoms with E-state index in [-0.39, 0.29) is 23.0 Å². The Hall–Kier alpha value is -4.01. The first-order chi connectivity index (χ1) is 15.5. The summed E-state index contributed by atoms with van der Waals surface area (Å²) in [4.78, 5) is 31.4. The number of nitrogens with zero attached hydrogens (tertiary/aromatic N) is 5. The molecule has 8 nitrogen and oxygen atoms in total. The fourth-order valence-corrected chi connectivity index (χ4v) is 4.09. The molecule has 1 aliphatic heterocycles. The Labute approximate surface area is 182 Å². The van der Waals surface area contributed by atoms with Crippen molar-refractivity contribution in [1.82, 2.24) is 19.2 Å². The zero-order valence-electron chi connectivity index (χ0n) is 17.4. The van der Waals surface area contributed by atoms with Gasteiger partial charge in [0.1, 0.15) is 17.3 Å². The number of rotatable bonds is 4. The third kappa shape index (κ3) is 3.62. The number of benzene rings is 1. The lowest BCUT2D eigenvalue weighted by atomic mass is 10.0. The molecule has 9 heteroatoms. The van der Waals surface area contributed by atoms with E-state index in [0.29, 0.717) is 11.3 Å². The lowest BCUT2D eigenvalue weighted by Crippen LogP contribution is -2.24. The number of hydrogen-bond donors (Lipinski definition) is 1. The number of aryl methyl sites for hydroxylation is 1. The summed E-state index contributed by atoms with van der Waals surface area (Å²) in [5.74, 6) is 0.0618. The molecule has 0 bridgehead atoms. The average Bonchev–Trinajstić information content (AvgIpc) is 3.43. The van der Waals surface area contributed by atoms with Crippen LogP contribution in [0.5, 0.6) is 0 Å². The lowest BCUT2D eigenvalue weighted by molar-refractivity contribution is 0.102. The van der Waals surface area contributed by atoms with E-state index in [1.807, 2.05) is 12.1 Å². The third-order valence-corrected chi connectivity index (χ3v) is 5.75. The van der Waals surface area contributed by atoms with Gasteiger partial charge in [-0.3, -0.25) is 9.59 Å². The van der Waals surface area contributed by atoms with Crippen molar-refractivity contribution in [2.24, 2.45) is 7.05 Å². The molecule has 1 amide bonds. The van der Waals surface area contributed by atoms with Gasteiger partial charge in [0.25, 0.3) is 11.5 Å². The van der Waals surface area contributed by atoms with Gasteiger partial charge in [0.05, 0.1) is 12.2 Å². The normalized spacial score (nSPS) is 15.9. The van der Waals surface area contributed by atoms with Gasteiger partial charge in [-0.1, -0.05) is 12.1 Å². The highest BCUT2D eigenvalue weighted by Crippen LogP contribution is 2.35. The smallest absolute Gasteiger partial charge is 0.256 e. The quantitative estimate of drug-likeness (QED) is 0.536. The molecule has 1 aromatic carbocycles. The second-order valence-corrected chi connectivity index (χ2v) is 7.84. The van der Waals surface area contributed by atoms with Crippen molar-refractivity contribution in [3.05, 3.63) is 88.4 Å². The monoisotopic (exact) mass is 432 g/mol. The molecule has 1 fully saturated rings. The number of fused-ring (bicyclic) bond motifs is 1. The van der Waals surface area contributed by atoms with E-state index in [1.54, 1.807) is 42.2 Å². The molecule has 32 heavy (non-hydrogen) atoms. The topological polar surface area (TPSA) is 84.5 Å². The molecule has 0 saturated carbocycles. The number of anilines is 2. The van der Waals surface area contributed by atoms with E-state index in [4.69, 9.17) is 4.98 Å². The summed E-state index contributed by atoms with van der Waals surface area (Å²) in [6.07, 6.45) is 6.73. The molecule has 5 rings (SSSR count). The van der Waals surface area contributed by atoms with E-state index < -0.39 is 5.91 Å². The van der Waals surface area contributed by atoms with Crippen molar-refractivity contribution < 1.29 is 9.18 Å². The molecule has 3 aromatic heterocycles. The number of carbonyl (C=O) groups is 1. The molecule has 1 unspecified atom stereocenters. The van der Waals surface area contributed by atoms with Crippen molar-refractivity contribution >= 4 is 23.1 Å². The fourth-order valence-electron chi connectivity index (χ4n) is 4.09. The Bertz CT molecular complexity index is 1380. The minimum Gasteiger partial charge on any atom is -0.349 e. The van der Waals surface area contributed by atoms with Crippen molar-refractivity contribution in [1.29, 1.82) is 0 Å². The highest BCUT2D eigenvalue weighted by Gasteiger charge is 2.28. The number of carbonyl (C=O) groups excluding carboxylic acids is 1. The number of amides is 1. The third-order valence-electron chi connectivity index (χ3n) is 5.75. The summed E-state index contributed by atoms with van der Waals surface area (Å²) in [7, 11) is 1.62. The summed E-state index contributed by atoms with van der Waals surface area (Å²) in [6, 6.07) is 11.4. The highest BCUT2D eigenvalue weighted by atomic mass is 19.1. The Morgan fingerprint density at radius 2 is 2.06 bits per heavy atom. The zero-order valence-corrected chi connectivity index (χ0v) is 17.4. The molecule has 4 heterocycles. The van der Waals surface area contributed by atoms with Crippen LogP contribution in [-0.2, 0) is 7.05 Å². The number of hydrogen-bond acceptors (Lipinski definition) is 5. The van der Waals surface area contributed by atoms with E-state index in [2.05, 4.69) is 15.3 Å². The fraction of sp³-hybridized carbons (Fsp3) is 0.217. The first-order valence-electron chi connectivity index (χ1n) is 10.3. The van der Waals surface area contributed by atoms with Gasteiger partial charge in [0.15, 0.2) is 5.65 Å². The van der Waals surface area contributed by atoms with Crippen LogP contribution >= 0.6 is 0 Å². The van der Waals surface area contributed by atoms with Crippen LogP contribution in [0.4, 0.5) is 15.9 Å². The zero-order chi connectivity index (χ0) is 22.2. The van der Waals surface area contributed by atoms with E-state index in [9.17, 15) is 14.0 Å². The Morgan fingerprint density at radius 1 is 1.19 bits per heavy atom. The molecule has 0 aliphatic carbocycles. The van der Waals surface area contributed by atoms with Crippen LogP contribution < -0.4 is 15.8 Å². The maximum atomic E-state index is 13.8. The summed E-state index contributed by atoms with van der Waals surface area (Å²) < 4.78 is 16.7. The minimum absolute atomic E-state index is 0.0298. The predicted octanol–water partition coefficient (Wildman–Crippen LogP) is 3.16. The SMILES string of the molecule is Cn1ccc(C(=O)Nc2cnn3ccc(N4CCCC4c4cccc(F)c4)nc23)cc1=O. The molecule has 1 saturated heterocycles. The molecule has 0 radical (unpaired) electrons. The number of halogens is 1. The predicted molar refractivity (Wildman–Crippen MR) is 118 cm³/mol. The summed E-state index contributed by atoms with van der Waals surface area (Å²) >= 11 is 0. The average molecular weight is 432 g/mol. The number of pyridine rings is 1. The Balaban J connectivity index is 1.45. The molecule has 162 valence electrons. The molecule has 1 aliphatic rings. The van der Waals surface area contributed by atoms with Gasteiger partial charge in [0.2, 0.25) is 0 Å². The summed E-state index contributed by atoms with van der Waals surface area (Å²) in [5.41, 5.74) is 1.84. The standard InChI is InChI=1S/C23H21FN6O2/c1-28-10-7-16(13-21(28)31)23(32)26-18-14-25-30-11-8-20(27-22(18)30)29-9-3-6-19(29)15-4-2-5-17(24)12-15/h2,4-5,7-8,10-14,19H,3,6,9H2,1H3,(H,26,32). The maximum absolute atomic E-state index is 13.8. The number of nitrogens with one attached hydrogen (secondary N) is 1. The van der Waals surface area contributed by atoms with Crippen LogP contribution in [0.3, 0.4) is 0 Å². The van der Waals surface area contributed by atoms with Gasteiger partial charge < -0.3 is 14.8 Å². The molecule has 1 atom stereocenters. The summed E-state index contributed by atoms with van der Waals surface area (Å²) in [5, 5.41) is 7.05. The molecule has 0 spiro atoms. The second kappa shape index (κ2) is 7.92. The van der Waals surface area contributed by atoms with Gasteiger partial charge in [-0.05, 0) is 42.7 Å². The van der Waals surface area contributed by atoms with Gasteiger partial charge in [-0.2, -0.15) is 5.10 Å². The van der Waals surface area contributed by atoms with Crippen molar-refractivity contribution in [2.75, 3.05) is 16.8 Å². The van der Waals surface area contributed by atoms with Crippen LogP contribution in [-0.4, -0.2) is 31.6 Å².